The predicted octanol–water partition coefficient (Wildman–Crippen LogP) is 1.09. The summed E-state index contributed by atoms with van der Waals surface area (Å²) >= 11 is 5.50. The SMILES string of the molecule is Cc1cc[nH+]c(N)c1.O=C([O-])c1cccc(Cl)c1. The number of benzene rings is 1. The van der Waals surface area contributed by atoms with Crippen LogP contribution in [0.3, 0.4) is 0 Å². The van der Waals surface area contributed by atoms with Crippen molar-refractivity contribution in [3.8, 4) is 0 Å². The highest BCUT2D eigenvalue weighted by Crippen LogP contribution is 2.09. The minimum absolute atomic E-state index is 0.104. The number of aromatic carboxylic acids is 1. The normalized spacial score (nSPS) is 9.22. The highest BCUT2D eigenvalue weighted by molar-refractivity contribution is 6.30. The molecule has 1 aromatic heterocycles. The molecule has 0 atom stereocenters. The van der Waals surface area contributed by atoms with Crippen molar-refractivity contribution in [3.05, 3.63) is 58.7 Å². The molecule has 0 aliphatic rings. The number of hydrogen-bond acceptors (Lipinski definition) is 3. The first-order chi connectivity index (χ1) is 8.49. The average molecular weight is 265 g/mol. The standard InChI is InChI=1S/C7H5ClO2.C6H8N2/c8-6-3-1-2-5(4-6)7(9)10;1-5-2-3-8-6(7)4-5/h1-4H,(H,9,10);2-4H,1H3,(H2,7,8). The summed E-state index contributed by atoms with van der Waals surface area (Å²) in [5.74, 6) is -0.493. The largest absolute Gasteiger partial charge is 0.545 e. The van der Waals surface area contributed by atoms with Gasteiger partial charge in [0.1, 0.15) is 0 Å². The maximum Gasteiger partial charge on any atom is 0.270 e. The van der Waals surface area contributed by atoms with E-state index in [1.807, 2.05) is 25.3 Å². The summed E-state index contributed by atoms with van der Waals surface area (Å²) in [7, 11) is 0. The molecule has 0 saturated heterocycles. The minimum atomic E-state index is -1.21. The second-order valence-corrected chi connectivity index (χ2v) is 4.06. The fourth-order valence-corrected chi connectivity index (χ4v) is 1.41. The number of rotatable bonds is 1. The number of carboxylic acid groups (broad SMARTS) is 1. The summed E-state index contributed by atoms with van der Waals surface area (Å²) in [6.45, 7) is 2.00. The molecule has 94 valence electrons. The predicted molar refractivity (Wildman–Crippen MR) is 67.9 cm³/mol. The van der Waals surface area contributed by atoms with Gasteiger partial charge in [0, 0.05) is 11.1 Å². The number of H-pyrrole nitrogens is 1. The molecule has 3 N–H and O–H groups in total. The molecular weight excluding hydrogens is 252 g/mol. The number of aromatic amines is 1. The van der Waals surface area contributed by atoms with Crippen LogP contribution in [-0.4, -0.2) is 5.97 Å². The summed E-state index contributed by atoms with van der Waals surface area (Å²) in [5.41, 5.74) is 6.69. The van der Waals surface area contributed by atoms with Crippen LogP contribution in [0.5, 0.6) is 0 Å². The number of nitrogen functional groups attached to an aromatic ring is 1. The van der Waals surface area contributed by atoms with Crippen LogP contribution >= 0.6 is 11.6 Å². The Morgan fingerprint density at radius 3 is 2.44 bits per heavy atom. The summed E-state index contributed by atoms with van der Waals surface area (Å²) < 4.78 is 0. The number of anilines is 1. The van der Waals surface area contributed by atoms with Gasteiger partial charge in [-0.25, -0.2) is 4.98 Å². The van der Waals surface area contributed by atoms with Crippen LogP contribution in [0.2, 0.25) is 5.02 Å². The van der Waals surface area contributed by atoms with Gasteiger partial charge in [0.15, 0.2) is 0 Å². The highest BCUT2D eigenvalue weighted by atomic mass is 35.5. The minimum Gasteiger partial charge on any atom is -0.545 e. The van der Waals surface area contributed by atoms with Crippen molar-refractivity contribution in [1.29, 1.82) is 0 Å². The summed E-state index contributed by atoms with van der Waals surface area (Å²) in [6, 6.07) is 9.80. The van der Waals surface area contributed by atoms with Crippen LogP contribution < -0.4 is 15.8 Å². The van der Waals surface area contributed by atoms with Gasteiger partial charge in [-0.15, -0.1) is 0 Å². The molecule has 0 aliphatic carbocycles. The lowest BCUT2D eigenvalue weighted by molar-refractivity contribution is -0.360. The van der Waals surface area contributed by atoms with Crippen LogP contribution in [0.1, 0.15) is 15.9 Å². The lowest BCUT2D eigenvalue weighted by atomic mass is 10.2. The highest BCUT2D eigenvalue weighted by Gasteiger charge is 1.91. The number of hydrogen-bond donors (Lipinski definition) is 1. The molecule has 0 spiro atoms. The third-order valence-corrected chi connectivity index (χ3v) is 2.27. The maximum atomic E-state index is 10.2. The van der Waals surface area contributed by atoms with E-state index in [1.54, 1.807) is 12.1 Å². The van der Waals surface area contributed by atoms with Gasteiger partial charge >= 0.3 is 0 Å². The van der Waals surface area contributed by atoms with E-state index in [0.717, 1.165) is 0 Å². The van der Waals surface area contributed by atoms with E-state index in [2.05, 4.69) is 4.98 Å². The summed E-state index contributed by atoms with van der Waals surface area (Å²) in [4.78, 5) is 13.0. The number of pyridine rings is 1. The van der Waals surface area contributed by atoms with E-state index in [-0.39, 0.29) is 5.56 Å². The first kappa shape index (κ1) is 14.0. The van der Waals surface area contributed by atoms with E-state index < -0.39 is 5.97 Å². The fourth-order valence-electron chi connectivity index (χ4n) is 1.22. The molecule has 0 bridgehead atoms. The smallest absolute Gasteiger partial charge is 0.270 e. The van der Waals surface area contributed by atoms with Crippen molar-refractivity contribution in [2.24, 2.45) is 0 Å². The van der Waals surface area contributed by atoms with Crippen LogP contribution in [0.4, 0.5) is 5.82 Å². The second kappa shape index (κ2) is 6.61. The maximum absolute atomic E-state index is 10.2. The number of carbonyl (C=O) groups is 1. The summed E-state index contributed by atoms with van der Waals surface area (Å²) in [5, 5.41) is 10.6. The molecule has 18 heavy (non-hydrogen) atoms. The Labute approximate surface area is 110 Å². The fraction of sp³-hybridized carbons (Fsp3) is 0.0769. The zero-order chi connectivity index (χ0) is 13.5. The molecule has 1 aromatic carbocycles. The van der Waals surface area contributed by atoms with Crippen molar-refractivity contribution >= 4 is 23.4 Å². The molecule has 5 heteroatoms. The number of halogens is 1. The topological polar surface area (TPSA) is 80.3 Å². The lowest BCUT2D eigenvalue weighted by Gasteiger charge is -2.00. The molecule has 0 saturated carbocycles. The number of aromatic nitrogens is 1. The van der Waals surface area contributed by atoms with E-state index in [1.165, 1.54) is 17.7 Å². The molecule has 4 nitrogen and oxygen atoms in total. The first-order valence-electron chi connectivity index (χ1n) is 5.20. The Balaban J connectivity index is 0.000000184. The van der Waals surface area contributed by atoms with Gasteiger partial charge in [0.05, 0.1) is 12.2 Å². The molecule has 1 heterocycles. The molecule has 0 radical (unpaired) electrons. The van der Waals surface area contributed by atoms with Crippen LogP contribution in [-0.2, 0) is 0 Å². The monoisotopic (exact) mass is 264 g/mol. The number of nitrogens with two attached hydrogens (primary N) is 1. The molecule has 2 rings (SSSR count). The average Bonchev–Trinajstić information content (AvgIpc) is 2.29. The second-order valence-electron chi connectivity index (χ2n) is 3.62. The Kier molecular flexibility index (Phi) is 5.14. The molecule has 0 unspecified atom stereocenters. The zero-order valence-electron chi connectivity index (χ0n) is 9.81. The van der Waals surface area contributed by atoms with Crippen LogP contribution in [0.25, 0.3) is 0 Å². The number of aryl methyl sites for hydroxylation is 1. The van der Waals surface area contributed by atoms with Crippen LogP contribution in [0, 0.1) is 6.92 Å². The Bertz CT molecular complexity index is 527. The third kappa shape index (κ3) is 4.84. The van der Waals surface area contributed by atoms with E-state index in [0.29, 0.717) is 10.8 Å². The third-order valence-electron chi connectivity index (χ3n) is 2.04. The molecular formula is C13H13ClN2O2. The van der Waals surface area contributed by atoms with Crippen molar-refractivity contribution in [3.63, 3.8) is 0 Å². The van der Waals surface area contributed by atoms with E-state index in [9.17, 15) is 9.90 Å². The molecule has 0 aliphatic heterocycles. The van der Waals surface area contributed by atoms with Gasteiger partial charge in [-0.2, -0.15) is 0 Å². The van der Waals surface area contributed by atoms with Gasteiger partial charge in [-0.05, 0) is 36.2 Å². The molecule has 0 fully saturated rings. The first-order valence-corrected chi connectivity index (χ1v) is 5.57. The number of carbonyl (C=O) groups excluding carboxylic acids is 1. The van der Waals surface area contributed by atoms with Crippen molar-refractivity contribution in [2.45, 2.75) is 6.92 Å². The molecule has 2 aromatic rings. The van der Waals surface area contributed by atoms with Gasteiger partial charge in [-0.1, -0.05) is 23.7 Å². The summed E-state index contributed by atoms with van der Waals surface area (Å²) in [6.07, 6.45) is 1.82. The van der Waals surface area contributed by atoms with Gasteiger partial charge < -0.3 is 9.90 Å². The zero-order valence-corrected chi connectivity index (χ0v) is 10.6. The van der Waals surface area contributed by atoms with Gasteiger partial charge in [0.25, 0.3) is 5.82 Å². The van der Waals surface area contributed by atoms with E-state index in [4.69, 9.17) is 17.3 Å². The molecule has 0 amide bonds. The van der Waals surface area contributed by atoms with E-state index >= 15 is 0 Å². The Morgan fingerprint density at radius 1 is 1.33 bits per heavy atom. The van der Waals surface area contributed by atoms with Crippen LogP contribution in [0.15, 0.2) is 42.6 Å². The van der Waals surface area contributed by atoms with Crippen molar-refractivity contribution < 1.29 is 14.9 Å². The van der Waals surface area contributed by atoms with Gasteiger partial charge in [-0.3, -0.25) is 5.73 Å². The Morgan fingerprint density at radius 2 is 2.06 bits per heavy atom. The lowest BCUT2D eigenvalue weighted by Crippen LogP contribution is -2.21. The Hall–Kier alpha value is -2.07. The van der Waals surface area contributed by atoms with Crippen molar-refractivity contribution in [2.75, 3.05) is 5.73 Å². The quantitative estimate of drug-likeness (QED) is 0.837. The van der Waals surface area contributed by atoms with Gasteiger partial charge in [0.2, 0.25) is 0 Å². The van der Waals surface area contributed by atoms with Crippen molar-refractivity contribution in [1.82, 2.24) is 0 Å². The number of carboxylic acids is 1. The number of nitrogens with one attached hydrogen (secondary N) is 1.